The van der Waals surface area contributed by atoms with E-state index >= 15 is 0 Å². The van der Waals surface area contributed by atoms with Crippen LogP contribution in [-0.2, 0) is 6.54 Å². The quantitative estimate of drug-likeness (QED) is 0.864. The highest BCUT2D eigenvalue weighted by molar-refractivity contribution is 7.80. The molecule has 2 N–H and O–H groups in total. The maximum absolute atomic E-state index is 14.1. The minimum absolute atomic E-state index is 0.0950. The number of thiocarbonyl (C=S) groups is 1. The molecule has 0 unspecified atom stereocenters. The Morgan fingerprint density at radius 2 is 1.95 bits per heavy atom. The van der Waals surface area contributed by atoms with Gasteiger partial charge in [0.25, 0.3) is 0 Å². The molecule has 0 aromatic heterocycles. The standard InChI is InChI=1S/C15H13ClF2N2S/c1-20(8-9-3-2-4-10(16)7-9)12-6-5-11(15(19)21)13(17)14(12)18/h2-7H,8H2,1H3,(H2,19,21). The second-order valence-corrected chi connectivity index (χ2v) is 5.49. The van der Waals surface area contributed by atoms with Crippen molar-refractivity contribution < 1.29 is 8.78 Å². The van der Waals surface area contributed by atoms with Gasteiger partial charge in [-0.25, -0.2) is 8.78 Å². The molecule has 0 aliphatic rings. The highest BCUT2D eigenvalue weighted by Crippen LogP contribution is 2.25. The first kappa shape index (κ1) is 15.7. The maximum atomic E-state index is 14.1. The van der Waals surface area contributed by atoms with Crippen molar-refractivity contribution in [1.82, 2.24) is 0 Å². The molecular weight excluding hydrogens is 314 g/mol. The zero-order chi connectivity index (χ0) is 15.6. The third-order valence-corrected chi connectivity index (χ3v) is 3.50. The van der Waals surface area contributed by atoms with Gasteiger partial charge in [0.1, 0.15) is 4.99 Å². The van der Waals surface area contributed by atoms with Gasteiger partial charge in [0, 0.05) is 24.2 Å². The molecule has 0 saturated carbocycles. The zero-order valence-corrected chi connectivity index (χ0v) is 12.8. The summed E-state index contributed by atoms with van der Waals surface area (Å²) in [5, 5.41) is 0.594. The van der Waals surface area contributed by atoms with E-state index in [1.54, 1.807) is 30.1 Å². The number of halogens is 3. The van der Waals surface area contributed by atoms with E-state index in [-0.39, 0.29) is 16.2 Å². The van der Waals surface area contributed by atoms with Crippen LogP contribution in [0.3, 0.4) is 0 Å². The van der Waals surface area contributed by atoms with Gasteiger partial charge < -0.3 is 10.6 Å². The van der Waals surface area contributed by atoms with Gasteiger partial charge >= 0.3 is 0 Å². The Balaban J connectivity index is 2.29. The van der Waals surface area contributed by atoms with Crippen LogP contribution in [0.15, 0.2) is 36.4 Å². The molecule has 0 radical (unpaired) electrons. The van der Waals surface area contributed by atoms with Crippen LogP contribution >= 0.6 is 23.8 Å². The van der Waals surface area contributed by atoms with E-state index in [0.29, 0.717) is 11.6 Å². The molecule has 0 heterocycles. The van der Waals surface area contributed by atoms with E-state index in [9.17, 15) is 8.78 Å². The second kappa shape index (κ2) is 6.37. The predicted molar refractivity (Wildman–Crippen MR) is 85.8 cm³/mol. The minimum atomic E-state index is -1.03. The SMILES string of the molecule is CN(Cc1cccc(Cl)c1)c1ccc(C(N)=S)c(F)c1F. The lowest BCUT2D eigenvalue weighted by atomic mass is 10.1. The largest absolute Gasteiger partial charge is 0.389 e. The summed E-state index contributed by atoms with van der Waals surface area (Å²) < 4.78 is 28.0. The molecule has 0 fully saturated rings. The molecule has 110 valence electrons. The van der Waals surface area contributed by atoms with E-state index in [4.69, 9.17) is 17.3 Å². The fraction of sp³-hybridized carbons (Fsp3) is 0.133. The monoisotopic (exact) mass is 326 g/mol. The van der Waals surface area contributed by atoms with Crippen molar-refractivity contribution in [1.29, 1.82) is 0 Å². The predicted octanol–water partition coefficient (Wildman–Crippen LogP) is 3.89. The first-order valence-electron chi connectivity index (χ1n) is 6.13. The number of nitrogens with zero attached hydrogens (tertiary/aromatic N) is 1. The highest BCUT2D eigenvalue weighted by Gasteiger charge is 2.17. The maximum Gasteiger partial charge on any atom is 0.182 e. The lowest BCUT2D eigenvalue weighted by molar-refractivity contribution is 0.506. The number of anilines is 1. The van der Waals surface area contributed by atoms with Gasteiger partial charge in [-0.15, -0.1) is 0 Å². The van der Waals surface area contributed by atoms with Gasteiger partial charge in [-0.2, -0.15) is 0 Å². The van der Waals surface area contributed by atoms with E-state index in [1.807, 2.05) is 6.07 Å². The normalized spacial score (nSPS) is 10.5. The molecule has 2 aromatic carbocycles. The summed E-state index contributed by atoms with van der Waals surface area (Å²) in [6.45, 7) is 0.392. The summed E-state index contributed by atoms with van der Waals surface area (Å²) >= 11 is 10.6. The van der Waals surface area contributed by atoms with Gasteiger partial charge in [-0.1, -0.05) is 36.0 Å². The summed E-state index contributed by atoms with van der Waals surface area (Å²) in [4.78, 5) is 1.42. The van der Waals surface area contributed by atoms with Crippen molar-refractivity contribution in [2.75, 3.05) is 11.9 Å². The molecule has 2 nitrogen and oxygen atoms in total. The molecule has 2 aromatic rings. The van der Waals surface area contributed by atoms with Crippen molar-refractivity contribution in [2.45, 2.75) is 6.54 Å². The van der Waals surface area contributed by atoms with E-state index < -0.39 is 11.6 Å². The van der Waals surface area contributed by atoms with Gasteiger partial charge in [0.15, 0.2) is 11.6 Å². The third kappa shape index (κ3) is 3.49. The van der Waals surface area contributed by atoms with E-state index in [0.717, 1.165) is 5.56 Å². The summed E-state index contributed by atoms with van der Waals surface area (Å²) in [6, 6.07) is 10.0. The molecule has 0 aliphatic heterocycles. The Hall–Kier alpha value is -1.72. The van der Waals surface area contributed by atoms with Gasteiger partial charge in [-0.05, 0) is 29.8 Å². The van der Waals surface area contributed by atoms with Crippen molar-refractivity contribution in [3.63, 3.8) is 0 Å². The van der Waals surface area contributed by atoms with Crippen LogP contribution in [0.1, 0.15) is 11.1 Å². The Kier molecular flexibility index (Phi) is 4.75. The Bertz CT molecular complexity index is 691. The summed E-state index contributed by atoms with van der Waals surface area (Å²) in [7, 11) is 1.67. The fourth-order valence-electron chi connectivity index (χ4n) is 2.02. The molecule has 0 bridgehead atoms. The van der Waals surface area contributed by atoms with Crippen molar-refractivity contribution in [3.8, 4) is 0 Å². The molecule has 0 saturated heterocycles. The zero-order valence-electron chi connectivity index (χ0n) is 11.2. The first-order chi connectivity index (χ1) is 9.90. The lowest BCUT2D eigenvalue weighted by Crippen LogP contribution is -2.20. The van der Waals surface area contributed by atoms with Crippen LogP contribution in [0.4, 0.5) is 14.5 Å². The summed E-state index contributed by atoms with van der Waals surface area (Å²) in [5.41, 5.74) is 6.28. The second-order valence-electron chi connectivity index (χ2n) is 4.61. The molecule has 21 heavy (non-hydrogen) atoms. The summed E-state index contributed by atoms with van der Waals surface area (Å²) in [5.74, 6) is -2.00. The number of benzene rings is 2. The smallest absolute Gasteiger partial charge is 0.182 e. The Morgan fingerprint density at radius 3 is 2.57 bits per heavy atom. The molecule has 2 rings (SSSR count). The van der Waals surface area contributed by atoms with Gasteiger partial charge in [-0.3, -0.25) is 0 Å². The minimum Gasteiger partial charge on any atom is -0.389 e. The average molecular weight is 327 g/mol. The van der Waals surface area contributed by atoms with Crippen LogP contribution in [0.25, 0.3) is 0 Å². The van der Waals surface area contributed by atoms with E-state index in [1.165, 1.54) is 12.1 Å². The van der Waals surface area contributed by atoms with Crippen molar-refractivity contribution >= 4 is 34.5 Å². The van der Waals surface area contributed by atoms with E-state index in [2.05, 4.69) is 12.2 Å². The number of hydrogen-bond acceptors (Lipinski definition) is 2. The van der Waals surface area contributed by atoms with Crippen LogP contribution < -0.4 is 10.6 Å². The van der Waals surface area contributed by atoms with Crippen molar-refractivity contribution in [2.24, 2.45) is 5.73 Å². The molecule has 0 amide bonds. The first-order valence-corrected chi connectivity index (χ1v) is 6.92. The van der Waals surface area contributed by atoms with Crippen LogP contribution in [0, 0.1) is 11.6 Å². The molecular formula is C15H13ClF2N2S. The molecule has 0 aliphatic carbocycles. The fourth-order valence-corrected chi connectivity index (χ4v) is 2.39. The van der Waals surface area contributed by atoms with Crippen LogP contribution in [0.5, 0.6) is 0 Å². The van der Waals surface area contributed by atoms with Gasteiger partial charge in [0.2, 0.25) is 0 Å². The number of rotatable bonds is 4. The Labute approximate surface area is 132 Å². The van der Waals surface area contributed by atoms with Crippen LogP contribution in [0.2, 0.25) is 5.02 Å². The average Bonchev–Trinajstić information content (AvgIpc) is 2.41. The highest BCUT2D eigenvalue weighted by atomic mass is 35.5. The van der Waals surface area contributed by atoms with Crippen LogP contribution in [-0.4, -0.2) is 12.0 Å². The van der Waals surface area contributed by atoms with Crippen molar-refractivity contribution in [3.05, 3.63) is 64.2 Å². The molecule has 0 atom stereocenters. The lowest BCUT2D eigenvalue weighted by Gasteiger charge is -2.21. The molecule has 6 heteroatoms. The third-order valence-electron chi connectivity index (χ3n) is 3.05. The number of hydrogen-bond donors (Lipinski definition) is 1. The number of nitrogens with two attached hydrogens (primary N) is 1. The molecule has 0 spiro atoms. The van der Waals surface area contributed by atoms with Gasteiger partial charge in [0.05, 0.1) is 5.69 Å². The summed E-state index contributed by atoms with van der Waals surface area (Å²) in [6.07, 6.45) is 0. The Morgan fingerprint density at radius 1 is 1.24 bits per heavy atom. The topological polar surface area (TPSA) is 29.3 Å².